The number of ketones is 1. The van der Waals surface area contributed by atoms with Crippen molar-refractivity contribution < 1.29 is 32.2 Å². The number of carbonyl (C=O) groups excluding carboxylic acids is 2. The van der Waals surface area contributed by atoms with Crippen LogP contribution in [-0.4, -0.2) is 30.6 Å². The zero-order valence-corrected chi connectivity index (χ0v) is 15.2. The summed E-state index contributed by atoms with van der Waals surface area (Å²) in [7, 11) is 0. The largest absolute Gasteiger partial charge is 0.480 e. The molecule has 146 valence electrons. The highest BCUT2D eigenvalue weighted by atomic mass is 19.2. The first-order valence-electron chi connectivity index (χ1n) is 8.35. The average molecular weight is 375 g/mol. The third-order valence-electron chi connectivity index (χ3n) is 3.18. The highest BCUT2D eigenvalue weighted by Crippen LogP contribution is 2.23. The van der Waals surface area contributed by atoms with Crippen molar-refractivity contribution in [2.75, 3.05) is 13.2 Å². The summed E-state index contributed by atoms with van der Waals surface area (Å²) in [6.07, 6.45) is 1.52. The summed E-state index contributed by atoms with van der Waals surface area (Å²) in [5, 5.41) is 2.60. The van der Waals surface area contributed by atoms with Crippen molar-refractivity contribution in [1.29, 1.82) is 0 Å². The SMILES string of the molecule is CC(C)(C)OC(=O)NCCCCCC(=O)COc1c(F)ccc(F)c1F. The van der Waals surface area contributed by atoms with Gasteiger partial charge in [0.05, 0.1) is 0 Å². The number of benzene rings is 1. The van der Waals surface area contributed by atoms with Crippen LogP contribution in [0.15, 0.2) is 12.1 Å². The maximum Gasteiger partial charge on any atom is 0.407 e. The van der Waals surface area contributed by atoms with Crippen molar-refractivity contribution in [1.82, 2.24) is 5.32 Å². The molecule has 1 aromatic rings. The number of unbranched alkanes of at least 4 members (excludes halogenated alkanes) is 2. The second-order valence-corrected chi connectivity index (χ2v) is 6.74. The lowest BCUT2D eigenvalue weighted by molar-refractivity contribution is -0.121. The number of rotatable bonds is 9. The molecule has 26 heavy (non-hydrogen) atoms. The molecule has 0 bridgehead atoms. The first kappa shape index (κ1) is 21.8. The van der Waals surface area contributed by atoms with E-state index >= 15 is 0 Å². The molecule has 0 aliphatic heterocycles. The van der Waals surface area contributed by atoms with Crippen LogP contribution in [0.25, 0.3) is 0 Å². The predicted octanol–water partition coefficient (Wildman–Crippen LogP) is 4.14. The molecule has 5 nitrogen and oxygen atoms in total. The molecule has 8 heteroatoms. The van der Waals surface area contributed by atoms with Gasteiger partial charge in [-0.15, -0.1) is 0 Å². The summed E-state index contributed by atoms with van der Waals surface area (Å²) in [5.41, 5.74) is -0.558. The van der Waals surface area contributed by atoms with Crippen LogP contribution in [0.2, 0.25) is 0 Å². The number of carbonyl (C=O) groups is 2. The van der Waals surface area contributed by atoms with Gasteiger partial charge in [0.2, 0.25) is 5.82 Å². The topological polar surface area (TPSA) is 64.6 Å². The minimum absolute atomic E-state index is 0.158. The van der Waals surface area contributed by atoms with Crippen molar-refractivity contribution in [3.05, 3.63) is 29.6 Å². The lowest BCUT2D eigenvalue weighted by Gasteiger charge is -2.19. The maximum absolute atomic E-state index is 13.4. The van der Waals surface area contributed by atoms with E-state index < -0.39 is 41.5 Å². The molecule has 0 aromatic heterocycles. The molecule has 1 amide bonds. The van der Waals surface area contributed by atoms with Gasteiger partial charge < -0.3 is 14.8 Å². The Balaban J connectivity index is 2.18. The second kappa shape index (κ2) is 10.0. The fourth-order valence-corrected chi connectivity index (χ4v) is 1.99. The van der Waals surface area contributed by atoms with Crippen molar-refractivity contribution in [3.8, 4) is 5.75 Å². The van der Waals surface area contributed by atoms with Gasteiger partial charge in [0, 0.05) is 13.0 Å². The van der Waals surface area contributed by atoms with E-state index in [1.165, 1.54) is 0 Å². The molecule has 0 atom stereocenters. The van der Waals surface area contributed by atoms with Gasteiger partial charge in [0.15, 0.2) is 23.2 Å². The van der Waals surface area contributed by atoms with Gasteiger partial charge in [0.25, 0.3) is 0 Å². The molecule has 0 fully saturated rings. The van der Waals surface area contributed by atoms with E-state index in [0.717, 1.165) is 6.07 Å². The smallest absolute Gasteiger partial charge is 0.407 e. The fraction of sp³-hybridized carbons (Fsp3) is 0.556. The van der Waals surface area contributed by atoms with Crippen LogP contribution in [0, 0.1) is 17.5 Å². The molecule has 0 saturated heterocycles. The van der Waals surface area contributed by atoms with E-state index in [4.69, 9.17) is 9.47 Å². The van der Waals surface area contributed by atoms with E-state index in [9.17, 15) is 22.8 Å². The van der Waals surface area contributed by atoms with Gasteiger partial charge in [-0.2, -0.15) is 4.39 Å². The molecular weight excluding hydrogens is 351 g/mol. The lowest BCUT2D eigenvalue weighted by Crippen LogP contribution is -2.33. The molecule has 0 saturated carbocycles. The van der Waals surface area contributed by atoms with E-state index in [1.54, 1.807) is 20.8 Å². The number of Topliss-reactive ketones (excluding diaryl/α,β-unsaturated/α-hetero) is 1. The Kier molecular flexibility index (Phi) is 8.41. The molecule has 0 heterocycles. The monoisotopic (exact) mass is 375 g/mol. The molecular formula is C18H24F3NO4. The van der Waals surface area contributed by atoms with Crippen molar-refractivity contribution in [2.24, 2.45) is 0 Å². The first-order chi connectivity index (χ1) is 12.1. The Morgan fingerprint density at radius 1 is 1.04 bits per heavy atom. The number of alkyl carbamates (subject to hydrolysis) is 1. The lowest BCUT2D eigenvalue weighted by atomic mass is 10.1. The van der Waals surface area contributed by atoms with Crippen LogP contribution in [0.4, 0.5) is 18.0 Å². The second-order valence-electron chi connectivity index (χ2n) is 6.74. The van der Waals surface area contributed by atoms with Gasteiger partial charge in [-0.25, -0.2) is 13.6 Å². The van der Waals surface area contributed by atoms with Crippen LogP contribution in [-0.2, 0) is 9.53 Å². The van der Waals surface area contributed by atoms with Crippen molar-refractivity contribution in [3.63, 3.8) is 0 Å². The van der Waals surface area contributed by atoms with Gasteiger partial charge in [0.1, 0.15) is 12.2 Å². The average Bonchev–Trinajstić information content (AvgIpc) is 2.52. The van der Waals surface area contributed by atoms with Gasteiger partial charge in [-0.05, 0) is 45.7 Å². The Morgan fingerprint density at radius 3 is 2.35 bits per heavy atom. The minimum atomic E-state index is -1.45. The molecule has 0 unspecified atom stereocenters. The molecule has 1 rings (SSSR count). The zero-order valence-electron chi connectivity index (χ0n) is 15.2. The van der Waals surface area contributed by atoms with Crippen LogP contribution < -0.4 is 10.1 Å². The summed E-state index contributed by atoms with van der Waals surface area (Å²) in [6, 6.07) is 1.38. The highest BCUT2D eigenvalue weighted by molar-refractivity contribution is 5.79. The van der Waals surface area contributed by atoms with Gasteiger partial charge in [-0.1, -0.05) is 6.42 Å². The van der Waals surface area contributed by atoms with Crippen LogP contribution in [0.3, 0.4) is 0 Å². The number of amides is 1. The normalized spacial score (nSPS) is 11.2. The van der Waals surface area contributed by atoms with Gasteiger partial charge in [-0.3, -0.25) is 4.79 Å². The number of hydrogen-bond donors (Lipinski definition) is 1. The highest BCUT2D eigenvalue weighted by Gasteiger charge is 2.17. The number of halogens is 3. The molecule has 0 radical (unpaired) electrons. The van der Waals surface area contributed by atoms with E-state index in [-0.39, 0.29) is 12.2 Å². The molecule has 0 aliphatic rings. The minimum Gasteiger partial charge on any atom is -0.480 e. The summed E-state index contributed by atoms with van der Waals surface area (Å²) in [5.74, 6) is -5.00. The third kappa shape index (κ3) is 8.22. The Morgan fingerprint density at radius 2 is 1.69 bits per heavy atom. The quantitative estimate of drug-likeness (QED) is 0.521. The molecule has 0 aliphatic carbocycles. The van der Waals surface area contributed by atoms with Crippen LogP contribution in [0.1, 0.15) is 46.5 Å². The molecule has 1 N–H and O–H groups in total. The predicted molar refractivity (Wildman–Crippen MR) is 89.5 cm³/mol. The first-order valence-corrected chi connectivity index (χ1v) is 8.35. The zero-order chi connectivity index (χ0) is 19.7. The van der Waals surface area contributed by atoms with Gasteiger partial charge >= 0.3 is 6.09 Å². The van der Waals surface area contributed by atoms with Crippen LogP contribution >= 0.6 is 0 Å². The maximum atomic E-state index is 13.4. The number of hydrogen-bond acceptors (Lipinski definition) is 4. The van der Waals surface area contributed by atoms with Crippen molar-refractivity contribution >= 4 is 11.9 Å². The summed E-state index contributed by atoms with van der Waals surface area (Å²) >= 11 is 0. The summed E-state index contributed by atoms with van der Waals surface area (Å²) in [4.78, 5) is 23.1. The summed E-state index contributed by atoms with van der Waals surface area (Å²) < 4.78 is 49.6. The standard InChI is InChI=1S/C18H24F3NO4/c1-18(2,3)26-17(24)22-10-6-4-5-7-12(23)11-25-16-14(20)9-8-13(19)15(16)21/h8-9H,4-7,10-11H2,1-3H3,(H,22,24). The Hall–Kier alpha value is -2.25. The fourth-order valence-electron chi connectivity index (χ4n) is 1.99. The number of nitrogens with one attached hydrogen (secondary N) is 1. The van der Waals surface area contributed by atoms with Crippen molar-refractivity contribution in [2.45, 2.75) is 52.1 Å². The molecule has 1 aromatic carbocycles. The van der Waals surface area contributed by atoms with E-state index in [1.807, 2.05) is 0 Å². The van der Waals surface area contributed by atoms with E-state index in [0.29, 0.717) is 31.9 Å². The van der Waals surface area contributed by atoms with Crippen LogP contribution in [0.5, 0.6) is 5.75 Å². The third-order valence-corrected chi connectivity index (χ3v) is 3.18. The molecule has 0 spiro atoms. The Bertz CT molecular complexity index is 630. The Labute approximate surface area is 150 Å². The summed E-state index contributed by atoms with van der Waals surface area (Å²) in [6.45, 7) is 5.18. The van der Waals surface area contributed by atoms with E-state index in [2.05, 4.69) is 5.32 Å². The number of ether oxygens (including phenoxy) is 2.